The summed E-state index contributed by atoms with van der Waals surface area (Å²) in [5.74, 6) is -0.216. The Morgan fingerprint density at radius 2 is 1.75 bits per heavy atom. The molecule has 0 unspecified atom stereocenters. The van der Waals surface area contributed by atoms with Crippen molar-refractivity contribution < 1.29 is 31.7 Å². The van der Waals surface area contributed by atoms with Crippen LogP contribution in [0.15, 0.2) is 48.7 Å². The molecule has 2 aromatic carbocycles. The first-order valence-electron chi connectivity index (χ1n) is 18.0. The third-order valence-electron chi connectivity index (χ3n) is 11.5. The van der Waals surface area contributed by atoms with Gasteiger partial charge >= 0.3 is 6.61 Å². The molecule has 1 saturated carbocycles. The molecule has 2 bridgehead atoms. The number of halogens is 3. The van der Waals surface area contributed by atoms with Crippen molar-refractivity contribution in [2.45, 2.75) is 120 Å². The van der Waals surface area contributed by atoms with E-state index in [0.29, 0.717) is 58.4 Å². The van der Waals surface area contributed by atoms with E-state index < -0.39 is 54.0 Å². The van der Waals surface area contributed by atoms with Gasteiger partial charge in [-0.3, -0.25) is 9.78 Å². The van der Waals surface area contributed by atoms with Crippen LogP contribution < -0.4 is 9.46 Å². The summed E-state index contributed by atoms with van der Waals surface area (Å²) in [5.41, 5.74) is 1.92. The van der Waals surface area contributed by atoms with Crippen molar-refractivity contribution in [2.75, 3.05) is 7.05 Å². The Morgan fingerprint density at radius 1 is 1.06 bits per heavy atom. The molecule has 3 aliphatic rings. The lowest BCUT2D eigenvalue weighted by Crippen LogP contribution is -2.67. The highest BCUT2D eigenvalue weighted by molar-refractivity contribution is 7.90. The average Bonchev–Trinajstić information content (AvgIpc) is 3.55. The number of aromatic nitrogens is 3. The molecule has 7 rings (SSSR count). The van der Waals surface area contributed by atoms with Crippen LogP contribution in [0.5, 0.6) is 5.75 Å². The van der Waals surface area contributed by atoms with Gasteiger partial charge < -0.3 is 23.2 Å². The Balaban J connectivity index is 1.27. The number of pyridine rings is 1. The lowest BCUT2D eigenvalue weighted by Gasteiger charge is -2.57. The number of hydrogen-bond donors (Lipinski definition) is 1. The third-order valence-corrected chi connectivity index (χ3v) is 17.8. The lowest BCUT2D eigenvalue weighted by atomic mass is 9.64. The summed E-state index contributed by atoms with van der Waals surface area (Å²) in [6.45, 7) is 15.5. The first-order chi connectivity index (χ1) is 24.5. The fourth-order valence-electron chi connectivity index (χ4n) is 8.09. The van der Waals surface area contributed by atoms with Gasteiger partial charge in [-0.25, -0.2) is 9.37 Å². The number of nitrogens with zero attached hydrogens (tertiary/aromatic N) is 4. The van der Waals surface area contributed by atoms with Gasteiger partial charge in [0, 0.05) is 60.6 Å². The minimum atomic E-state index is -3.06. The first-order valence-corrected chi connectivity index (χ1v) is 22.0. The van der Waals surface area contributed by atoms with Crippen LogP contribution in [-0.4, -0.2) is 62.2 Å². The molecule has 284 valence electrons. The molecule has 9 nitrogen and oxygen atoms in total. The quantitative estimate of drug-likeness (QED) is 0.141. The minimum Gasteiger partial charge on any atom is -0.598 e. The molecule has 53 heavy (non-hydrogen) atoms. The van der Waals surface area contributed by atoms with Gasteiger partial charge in [0.05, 0.1) is 28.7 Å². The van der Waals surface area contributed by atoms with Gasteiger partial charge in [-0.15, -0.1) is 4.72 Å². The molecule has 1 fully saturated rings. The van der Waals surface area contributed by atoms with Crippen LogP contribution in [0.4, 0.5) is 13.2 Å². The maximum Gasteiger partial charge on any atom is 0.387 e. The van der Waals surface area contributed by atoms with Gasteiger partial charge in [0.15, 0.2) is 8.32 Å². The van der Waals surface area contributed by atoms with Gasteiger partial charge in [-0.2, -0.15) is 8.78 Å². The summed E-state index contributed by atoms with van der Waals surface area (Å²) in [6.07, 6.45) is 2.89. The SMILES string of the molecule is CN1C(=O)c2cccc(OC(F)F)c2[C@H]2C[C@@H]1c1nc3ccc(-c4cnc([C@]5(N[S@@+]([O-])C(C)(C)C)C[C@@](C)(O[Si](C)(C)C(C)(C)C)C5)c(F)c4)cc3n12. The summed E-state index contributed by atoms with van der Waals surface area (Å²) >= 11 is -1.51. The zero-order valence-electron chi connectivity index (χ0n) is 31.9. The van der Waals surface area contributed by atoms with Crippen LogP contribution in [0, 0.1) is 5.82 Å². The number of hydrogen-bond acceptors (Lipinski definition) is 7. The highest BCUT2D eigenvalue weighted by atomic mass is 32.2. The summed E-state index contributed by atoms with van der Waals surface area (Å²) in [5, 5.41) is -0.0195. The largest absolute Gasteiger partial charge is 0.598 e. The molecular weight excluding hydrogens is 720 g/mol. The van der Waals surface area contributed by atoms with Crippen LogP contribution in [0.25, 0.3) is 22.2 Å². The maximum atomic E-state index is 16.5. The molecular formula is C39H48F3N5O4SSi. The molecule has 3 atom stereocenters. The van der Waals surface area contributed by atoms with Gasteiger partial charge in [0.2, 0.25) is 0 Å². The van der Waals surface area contributed by atoms with Crippen LogP contribution in [0.1, 0.15) is 107 Å². The van der Waals surface area contributed by atoms with Crippen molar-refractivity contribution in [1.82, 2.24) is 24.2 Å². The number of carbonyl (C=O) groups excluding carboxylic acids is 1. The lowest BCUT2D eigenvalue weighted by molar-refractivity contribution is -0.0720. The van der Waals surface area contributed by atoms with Gasteiger partial charge in [0.1, 0.15) is 33.4 Å². The molecule has 14 heteroatoms. The number of alkyl halides is 2. The van der Waals surface area contributed by atoms with Gasteiger partial charge in [-0.05, 0) is 81.7 Å². The molecule has 4 heterocycles. The van der Waals surface area contributed by atoms with Crippen molar-refractivity contribution in [3.63, 3.8) is 0 Å². The van der Waals surface area contributed by atoms with Gasteiger partial charge in [-0.1, -0.05) is 32.9 Å². The van der Waals surface area contributed by atoms with E-state index >= 15 is 4.39 Å². The molecule has 1 aliphatic carbocycles. The Bertz CT molecular complexity index is 2110. The van der Waals surface area contributed by atoms with E-state index in [1.807, 2.05) is 50.5 Å². The Labute approximate surface area is 313 Å². The van der Waals surface area contributed by atoms with Crippen LogP contribution in [0.2, 0.25) is 18.1 Å². The van der Waals surface area contributed by atoms with E-state index in [1.165, 1.54) is 12.1 Å². The number of fused-ring (bicyclic) bond motifs is 9. The number of ether oxygens (including phenoxy) is 1. The van der Waals surface area contributed by atoms with Crippen LogP contribution >= 0.6 is 0 Å². The second-order valence-corrected chi connectivity index (χ2v) is 24.3. The second kappa shape index (κ2) is 12.6. The number of benzene rings is 2. The molecule has 1 N–H and O–H groups in total. The van der Waals surface area contributed by atoms with E-state index in [0.717, 1.165) is 0 Å². The number of nitrogens with one attached hydrogen (secondary N) is 1. The summed E-state index contributed by atoms with van der Waals surface area (Å²) in [4.78, 5) is 24.7. The maximum absolute atomic E-state index is 16.5. The second-order valence-electron chi connectivity index (χ2n) is 17.6. The zero-order chi connectivity index (χ0) is 38.6. The first kappa shape index (κ1) is 37.9. The van der Waals surface area contributed by atoms with Crippen molar-refractivity contribution >= 4 is 36.6 Å². The van der Waals surface area contributed by atoms with Crippen LogP contribution in [0.3, 0.4) is 0 Å². The van der Waals surface area contributed by atoms with Gasteiger partial charge in [0.25, 0.3) is 5.91 Å². The van der Waals surface area contributed by atoms with E-state index in [-0.39, 0.29) is 28.4 Å². The molecule has 0 radical (unpaired) electrons. The Hall–Kier alpha value is -3.43. The predicted octanol–water partition coefficient (Wildman–Crippen LogP) is 8.78. The highest BCUT2D eigenvalue weighted by Gasteiger charge is 2.61. The minimum absolute atomic E-state index is 0.0195. The predicted molar refractivity (Wildman–Crippen MR) is 202 cm³/mol. The van der Waals surface area contributed by atoms with Crippen LogP contribution in [-0.2, 0) is 21.3 Å². The van der Waals surface area contributed by atoms with Crippen molar-refractivity contribution in [3.8, 4) is 16.9 Å². The van der Waals surface area contributed by atoms with E-state index in [4.69, 9.17) is 19.1 Å². The molecule has 2 aliphatic heterocycles. The topological polar surface area (TPSA) is 105 Å². The van der Waals surface area contributed by atoms with E-state index in [2.05, 4.69) is 38.6 Å². The fourth-order valence-corrected chi connectivity index (χ4v) is 10.7. The smallest absolute Gasteiger partial charge is 0.387 e. The summed E-state index contributed by atoms with van der Waals surface area (Å²) in [7, 11) is -0.480. The van der Waals surface area contributed by atoms with E-state index in [1.54, 1.807) is 30.3 Å². The normalized spacial score (nSPS) is 25.0. The zero-order valence-corrected chi connectivity index (χ0v) is 33.8. The van der Waals surface area contributed by atoms with Crippen molar-refractivity contribution in [3.05, 3.63) is 77.1 Å². The molecule has 1 amide bonds. The number of carbonyl (C=O) groups is 1. The number of amides is 1. The summed E-state index contributed by atoms with van der Waals surface area (Å²) in [6, 6.07) is 10.8. The van der Waals surface area contributed by atoms with E-state index in [9.17, 15) is 18.1 Å². The number of imidazole rings is 1. The standard InChI is InChI=1S/C39H48F3N5O4SSi/c1-36(2,3)52(49)45-39(20-38(7,21-39)51-53(9,10)37(4,5)6)32-25(40)16-23(19-43-32)22-14-15-26-27(17-22)47-28-18-29(33(47)44-26)46(8)34(48)24-12-11-13-30(31(24)28)50-35(41)42/h11-17,19,28-29,35,45H,18,20-21H2,1-10H3/t28-,29-,38-,39+,52+/m1/s1. The molecule has 0 spiro atoms. The molecule has 0 saturated heterocycles. The number of rotatable bonds is 8. The van der Waals surface area contributed by atoms with Crippen molar-refractivity contribution in [1.29, 1.82) is 0 Å². The molecule has 2 aromatic heterocycles. The van der Waals surface area contributed by atoms with Crippen molar-refractivity contribution in [2.24, 2.45) is 0 Å². The summed E-state index contributed by atoms with van der Waals surface area (Å²) < 4.78 is 73.6. The molecule has 4 aromatic rings. The highest BCUT2D eigenvalue weighted by Crippen LogP contribution is 2.55. The Kier molecular flexibility index (Phi) is 8.97. The monoisotopic (exact) mass is 767 g/mol. The third kappa shape index (κ3) is 6.37. The Morgan fingerprint density at radius 3 is 2.38 bits per heavy atom. The fraction of sp³-hybridized carbons (Fsp3) is 0.513. The average molecular weight is 768 g/mol.